The van der Waals surface area contributed by atoms with Gasteiger partial charge >= 0.3 is 0 Å². The van der Waals surface area contributed by atoms with E-state index in [0.29, 0.717) is 5.92 Å². The van der Waals surface area contributed by atoms with E-state index in [1.165, 1.54) is 5.56 Å². The minimum atomic E-state index is 0.0309. The fourth-order valence-electron chi connectivity index (χ4n) is 3.61. The number of fused-ring (bicyclic) bond motifs is 1. The molecule has 0 spiro atoms. The number of aromatic nitrogens is 3. The first-order chi connectivity index (χ1) is 12.4. The fraction of sp³-hybridized carbons (Fsp3) is 0.579. The van der Waals surface area contributed by atoms with Crippen molar-refractivity contribution >= 4 is 0 Å². The number of hydrogen-bond acceptors (Lipinski definition) is 5. The van der Waals surface area contributed by atoms with Gasteiger partial charge in [-0.2, -0.15) is 5.10 Å². The first kappa shape index (κ1) is 16.7. The number of nitrogens with zero attached hydrogens (tertiary/aromatic N) is 3. The van der Waals surface area contributed by atoms with Crippen LogP contribution in [0.2, 0.25) is 0 Å². The van der Waals surface area contributed by atoms with Crippen molar-refractivity contribution in [3.8, 4) is 0 Å². The van der Waals surface area contributed by atoms with Crippen LogP contribution in [0.4, 0.5) is 0 Å². The number of ether oxygens (including phenoxy) is 2. The van der Waals surface area contributed by atoms with Crippen molar-refractivity contribution in [2.24, 2.45) is 5.92 Å². The Morgan fingerprint density at radius 3 is 2.96 bits per heavy atom. The molecule has 6 heteroatoms. The highest BCUT2D eigenvalue weighted by atomic mass is 16.5. The molecule has 1 unspecified atom stereocenters. The molecule has 0 aromatic carbocycles. The van der Waals surface area contributed by atoms with Crippen LogP contribution in [-0.4, -0.2) is 41.1 Å². The van der Waals surface area contributed by atoms with E-state index in [-0.39, 0.29) is 6.10 Å². The summed E-state index contributed by atoms with van der Waals surface area (Å²) < 4.78 is 13.5. The van der Waals surface area contributed by atoms with Crippen LogP contribution in [0.15, 0.2) is 30.6 Å². The van der Waals surface area contributed by atoms with Crippen LogP contribution >= 0.6 is 0 Å². The highest BCUT2D eigenvalue weighted by Crippen LogP contribution is 2.26. The molecular formula is C19H26N4O2. The molecule has 2 aromatic rings. The van der Waals surface area contributed by atoms with Crippen LogP contribution in [0.5, 0.6) is 0 Å². The van der Waals surface area contributed by atoms with Gasteiger partial charge in [-0.3, -0.25) is 9.67 Å². The zero-order chi connectivity index (χ0) is 16.9. The summed E-state index contributed by atoms with van der Waals surface area (Å²) in [5.74, 6) is 0.678. The van der Waals surface area contributed by atoms with E-state index < -0.39 is 0 Å². The lowest BCUT2D eigenvalue weighted by molar-refractivity contribution is 0.0387. The van der Waals surface area contributed by atoms with Crippen molar-refractivity contribution in [3.05, 3.63) is 47.5 Å². The molecule has 0 aliphatic carbocycles. The molecule has 25 heavy (non-hydrogen) atoms. The second-order valence-electron chi connectivity index (χ2n) is 6.88. The van der Waals surface area contributed by atoms with Gasteiger partial charge in [0.05, 0.1) is 18.0 Å². The van der Waals surface area contributed by atoms with E-state index in [2.05, 4.69) is 21.2 Å². The average Bonchev–Trinajstić information content (AvgIpc) is 3.07. The van der Waals surface area contributed by atoms with E-state index in [4.69, 9.17) is 14.6 Å². The van der Waals surface area contributed by atoms with Crippen molar-refractivity contribution < 1.29 is 9.47 Å². The van der Waals surface area contributed by atoms with Crippen molar-refractivity contribution in [1.82, 2.24) is 20.1 Å². The Balaban J connectivity index is 1.35. The lowest BCUT2D eigenvalue weighted by Crippen LogP contribution is -2.27. The van der Waals surface area contributed by atoms with Gasteiger partial charge in [0.15, 0.2) is 0 Å². The predicted octanol–water partition coefficient (Wildman–Crippen LogP) is 2.11. The van der Waals surface area contributed by atoms with Gasteiger partial charge in [0, 0.05) is 45.2 Å². The summed E-state index contributed by atoms with van der Waals surface area (Å²) in [4.78, 5) is 4.34. The minimum absolute atomic E-state index is 0.0309. The van der Waals surface area contributed by atoms with E-state index in [1.807, 2.05) is 24.4 Å². The van der Waals surface area contributed by atoms with Crippen LogP contribution in [-0.2, 0) is 29.0 Å². The van der Waals surface area contributed by atoms with Crippen LogP contribution < -0.4 is 5.32 Å². The van der Waals surface area contributed by atoms with Crippen molar-refractivity contribution in [2.75, 3.05) is 26.4 Å². The number of rotatable bonds is 6. The van der Waals surface area contributed by atoms with Gasteiger partial charge in [-0.15, -0.1) is 0 Å². The van der Waals surface area contributed by atoms with Gasteiger partial charge < -0.3 is 14.8 Å². The van der Waals surface area contributed by atoms with Crippen molar-refractivity contribution in [3.63, 3.8) is 0 Å². The Bertz CT molecular complexity index is 667. The molecule has 1 fully saturated rings. The van der Waals surface area contributed by atoms with E-state index in [9.17, 15) is 0 Å². The molecule has 0 saturated carbocycles. The summed E-state index contributed by atoms with van der Waals surface area (Å²) in [6.07, 6.45) is 7.30. The van der Waals surface area contributed by atoms with Crippen LogP contribution in [0.1, 0.15) is 35.9 Å². The minimum Gasteiger partial charge on any atom is -0.381 e. The van der Waals surface area contributed by atoms with Gasteiger partial charge in [0.2, 0.25) is 0 Å². The molecule has 2 aliphatic rings. The van der Waals surface area contributed by atoms with Gasteiger partial charge in [-0.1, -0.05) is 6.07 Å². The van der Waals surface area contributed by atoms with Gasteiger partial charge in [0.1, 0.15) is 6.10 Å². The third kappa shape index (κ3) is 4.26. The van der Waals surface area contributed by atoms with Crippen LogP contribution in [0, 0.1) is 5.92 Å². The third-order valence-corrected chi connectivity index (χ3v) is 5.01. The summed E-state index contributed by atoms with van der Waals surface area (Å²) in [5, 5.41) is 8.30. The summed E-state index contributed by atoms with van der Waals surface area (Å²) >= 11 is 0. The first-order valence-corrected chi connectivity index (χ1v) is 9.24. The lowest BCUT2D eigenvalue weighted by atomic mass is 10.0. The summed E-state index contributed by atoms with van der Waals surface area (Å²) in [6, 6.07) is 5.98. The monoisotopic (exact) mass is 342 g/mol. The normalized spacial score (nSPS) is 21.2. The molecule has 2 aromatic heterocycles. The molecule has 134 valence electrons. The maximum atomic E-state index is 5.97. The molecule has 1 N–H and O–H groups in total. The quantitative estimate of drug-likeness (QED) is 0.871. The third-order valence-electron chi connectivity index (χ3n) is 5.01. The fourth-order valence-corrected chi connectivity index (χ4v) is 3.61. The van der Waals surface area contributed by atoms with Gasteiger partial charge in [-0.25, -0.2) is 0 Å². The number of hydrogen-bond donors (Lipinski definition) is 1. The Morgan fingerprint density at radius 2 is 2.12 bits per heavy atom. The van der Waals surface area contributed by atoms with Crippen molar-refractivity contribution in [2.45, 2.75) is 38.5 Å². The van der Waals surface area contributed by atoms with E-state index in [1.54, 1.807) is 0 Å². The molecule has 1 saturated heterocycles. The largest absolute Gasteiger partial charge is 0.381 e. The zero-order valence-corrected chi connectivity index (χ0v) is 14.6. The molecule has 2 aliphatic heterocycles. The van der Waals surface area contributed by atoms with E-state index >= 15 is 0 Å². The molecule has 0 amide bonds. The van der Waals surface area contributed by atoms with Crippen LogP contribution in [0.3, 0.4) is 0 Å². The number of nitrogens with one attached hydrogen (secondary N) is 1. The summed E-state index contributed by atoms with van der Waals surface area (Å²) in [7, 11) is 0. The predicted molar refractivity (Wildman–Crippen MR) is 94.1 cm³/mol. The van der Waals surface area contributed by atoms with Gasteiger partial charge in [-0.05, 0) is 42.9 Å². The Labute approximate surface area is 148 Å². The SMILES string of the molecule is c1ccc(CNCC2OCCc3cn(CC4CCOCC4)nc32)nc1. The van der Waals surface area contributed by atoms with Gasteiger partial charge in [0.25, 0.3) is 0 Å². The molecule has 6 nitrogen and oxygen atoms in total. The second kappa shape index (κ2) is 8.08. The Morgan fingerprint density at radius 1 is 1.20 bits per heavy atom. The maximum Gasteiger partial charge on any atom is 0.114 e. The lowest BCUT2D eigenvalue weighted by Gasteiger charge is -2.22. The molecule has 4 rings (SSSR count). The summed E-state index contributed by atoms with van der Waals surface area (Å²) in [6.45, 7) is 5.04. The highest BCUT2D eigenvalue weighted by molar-refractivity contribution is 5.22. The van der Waals surface area contributed by atoms with Crippen LogP contribution in [0.25, 0.3) is 0 Å². The zero-order valence-electron chi connectivity index (χ0n) is 14.6. The second-order valence-corrected chi connectivity index (χ2v) is 6.88. The Kier molecular flexibility index (Phi) is 5.40. The molecule has 0 bridgehead atoms. The molecular weight excluding hydrogens is 316 g/mol. The number of pyridine rings is 1. The Hall–Kier alpha value is -1.76. The topological polar surface area (TPSA) is 61.2 Å². The van der Waals surface area contributed by atoms with Crippen molar-refractivity contribution in [1.29, 1.82) is 0 Å². The molecule has 4 heterocycles. The smallest absolute Gasteiger partial charge is 0.114 e. The molecule has 1 atom stereocenters. The van der Waals surface area contributed by atoms with E-state index in [0.717, 1.165) is 70.1 Å². The maximum absolute atomic E-state index is 5.97. The highest BCUT2D eigenvalue weighted by Gasteiger charge is 2.25. The standard InChI is InChI=1S/C19H26N4O2/c1-2-7-21-17(3-1)11-20-12-18-19-16(6-10-25-18)14-23(22-19)13-15-4-8-24-9-5-15/h1-3,7,14-15,18,20H,4-6,8-13H2. The first-order valence-electron chi connectivity index (χ1n) is 9.24. The molecule has 0 radical (unpaired) electrons. The average molecular weight is 342 g/mol. The summed E-state index contributed by atoms with van der Waals surface area (Å²) in [5.41, 5.74) is 3.48.